The SMILES string of the molecule is COc1cccc(F)c1OCC(O)COc1cccc(C)c1. The predicted molar refractivity (Wildman–Crippen MR) is 81.1 cm³/mol. The molecule has 0 fully saturated rings. The quantitative estimate of drug-likeness (QED) is 0.854. The lowest BCUT2D eigenvalue weighted by atomic mass is 10.2. The number of benzene rings is 2. The summed E-state index contributed by atoms with van der Waals surface area (Å²) in [6.45, 7) is 1.92. The Morgan fingerprint density at radius 2 is 1.82 bits per heavy atom. The van der Waals surface area contributed by atoms with Crippen LogP contribution in [0.2, 0.25) is 0 Å². The fourth-order valence-corrected chi connectivity index (χ4v) is 1.92. The van der Waals surface area contributed by atoms with Crippen LogP contribution in [-0.2, 0) is 0 Å². The molecule has 1 atom stereocenters. The van der Waals surface area contributed by atoms with Gasteiger partial charge in [0.1, 0.15) is 25.1 Å². The van der Waals surface area contributed by atoms with Crippen LogP contribution in [0, 0.1) is 12.7 Å². The van der Waals surface area contributed by atoms with Gasteiger partial charge in [-0.1, -0.05) is 18.2 Å². The molecule has 0 saturated carbocycles. The van der Waals surface area contributed by atoms with Crippen molar-refractivity contribution in [3.8, 4) is 17.2 Å². The topological polar surface area (TPSA) is 47.9 Å². The number of hydrogen-bond donors (Lipinski definition) is 1. The molecule has 0 aliphatic heterocycles. The smallest absolute Gasteiger partial charge is 0.197 e. The van der Waals surface area contributed by atoms with Crippen molar-refractivity contribution in [2.24, 2.45) is 0 Å². The normalized spacial score (nSPS) is 11.8. The van der Waals surface area contributed by atoms with Gasteiger partial charge < -0.3 is 19.3 Å². The van der Waals surface area contributed by atoms with Crippen molar-refractivity contribution in [2.45, 2.75) is 13.0 Å². The van der Waals surface area contributed by atoms with Crippen LogP contribution in [0.25, 0.3) is 0 Å². The first kappa shape index (κ1) is 16.1. The molecule has 0 aliphatic carbocycles. The third-order valence-corrected chi connectivity index (χ3v) is 3.00. The summed E-state index contributed by atoms with van der Waals surface area (Å²) in [7, 11) is 1.43. The molecule has 0 bridgehead atoms. The molecule has 0 spiro atoms. The van der Waals surface area contributed by atoms with E-state index < -0.39 is 11.9 Å². The van der Waals surface area contributed by atoms with E-state index in [-0.39, 0.29) is 24.7 Å². The molecule has 0 aromatic heterocycles. The van der Waals surface area contributed by atoms with E-state index in [1.165, 1.54) is 19.2 Å². The molecule has 0 amide bonds. The second-order valence-corrected chi connectivity index (χ2v) is 4.86. The highest BCUT2D eigenvalue weighted by Gasteiger charge is 2.13. The van der Waals surface area contributed by atoms with Crippen molar-refractivity contribution in [3.05, 3.63) is 53.8 Å². The monoisotopic (exact) mass is 306 g/mol. The van der Waals surface area contributed by atoms with Gasteiger partial charge in [-0.25, -0.2) is 4.39 Å². The Morgan fingerprint density at radius 3 is 2.55 bits per heavy atom. The molecule has 5 heteroatoms. The Balaban J connectivity index is 1.87. The molecule has 118 valence electrons. The van der Waals surface area contributed by atoms with Gasteiger partial charge in [0.15, 0.2) is 17.3 Å². The van der Waals surface area contributed by atoms with Gasteiger partial charge in [-0.05, 0) is 36.8 Å². The van der Waals surface area contributed by atoms with Crippen molar-refractivity contribution < 1.29 is 23.7 Å². The number of hydrogen-bond acceptors (Lipinski definition) is 4. The minimum Gasteiger partial charge on any atom is -0.493 e. The summed E-state index contributed by atoms with van der Waals surface area (Å²) in [5.41, 5.74) is 1.07. The van der Waals surface area contributed by atoms with Crippen molar-refractivity contribution in [1.82, 2.24) is 0 Å². The third-order valence-electron chi connectivity index (χ3n) is 3.00. The molecule has 4 nitrogen and oxygen atoms in total. The molecule has 1 unspecified atom stereocenters. The highest BCUT2D eigenvalue weighted by atomic mass is 19.1. The number of aliphatic hydroxyl groups excluding tert-OH is 1. The molecule has 2 rings (SSSR count). The van der Waals surface area contributed by atoms with Gasteiger partial charge in [0.05, 0.1) is 7.11 Å². The van der Waals surface area contributed by atoms with Gasteiger partial charge >= 0.3 is 0 Å². The molecule has 2 aromatic rings. The summed E-state index contributed by atoms with van der Waals surface area (Å²) in [6.07, 6.45) is -0.884. The van der Waals surface area contributed by atoms with Crippen molar-refractivity contribution in [2.75, 3.05) is 20.3 Å². The van der Waals surface area contributed by atoms with Gasteiger partial charge in [-0.3, -0.25) is 0 Å². The number of ether oxygens (including phenoxy) is 3. The van der Waals surface area contributed by atoms with E-state index in [2.05, 4.69) is 0 Å². The number of rotatable bonds is 7. The largest absolute Gasteiger partial charge is 0.493 e. The minimum atomic E-state index is -0.884. The zero-order valence-corrected chi connectivity index (χ0v) is 12.6. The second-order valence-electron chi connectivity index (χ2n) is 4.86. The van der Waals surface area contributed by atoms with Crippen LogP contribution in [0.15, 0.2) is 42.5 Å². The lowest BCUT2D eigenvalue weighted by Crippen LogP contribution is -2.25. The summed E-state index contributed by atoms with van der Waals surface area (Å²) in [5.74, 6) is 0.403. The fourth-order valence-electron chi connectivity index (χ4n) is 1.92. The van der Waals surface area contributed by atoms with Gasteiger partial charge in [-0.15, -0.1) is 0 Å². The first-order valence-corrected chi connectivity index (χ1v) is 6.93. The van der Waals surface area contributed by atoms with E-state index in [1.54, 1.807) is 12.1 Å². The van der Waals surface area contributed by atoms with E-state index in [0.29, 0.717) is 5.75 Å². The Kier molecular flexibility index (Phi) is 5.61. The third kappa shape index (κ3) is 4.36. The lowest BCUT2D eigenvalue weighted by molar-refractivity contribution is 0.0601. The number of para-hydroxylation sites is 1. The maximum Gasteiger partial charge on any atom is 0.197 e. The standard InChI is InChI=1S/C17H19FO4/c1-12-5-3-6-14(9-12)21-10-13(19)11-22-17-15(18)7-4-8-16(17)20-2/h3-9,13,19H,10-11H2,1-2H3. The summed E-state index contributed by atoms with van der Waals surface area (Å²) in [6, 6.07) is 11.9. The van der Waals surface area contributed by atoms with Gasteiger partial charge in [0.2, 0.25) is 0 Å². The van der Waals surface area contributed by atoms with Crippen LogP contribution in [0.5, 0.6) is 17.2 Å². The Hall–Kier alpha value is -2.27. The molecule has 1 N–H and O–H groups in total. The molecule has 0 saturated heterocycles. The fraction of sp³-hybridized carbons (Fsp3) is 0.294. The molecular formula is C17H19FO4. The van der Waals surface area contributed by atoms with Crippen LogP contribution >= 0.6 is 0 Å². The van der Waals surface area contributed by atoms with Gasteiger partial charge in [0.25, 0.3) is 0 Å². The van der Waals surface area contributed by atoms with Crippen LogP contribution in [-0.4, -0.2) is 31.5 Å². The Bertz CT molecular complexity index is 615. The Labute approximate surface area is 129 Å². The van der Waals surface area contributed by atoms with Gasteiger partial charge in [-0.2, -0.15) is 0 Å². The average molecular weight is 306 g/mol. The number of aliphatic hydroxyl groups is 1. The molecule has 0 aliphatic rings. The lowest BCUT2D eigenvalue weighted by Gasteiger charge is -2.15. The van der Waals surface area contributed by atoms with E-state index in [9.17, 15) is 9.50 Å². The van der Waals surface area contributed by atoms with E-state index in [0.717, 1.165) is 5.56 Å². The summed E-state index contributed by atoms with van der Waals surface area (Å²) in [4.78, 5) is 0. The van der Waals surface area contributed by atoms with E-state index >= 15 is 0 Å². The van der Waals surface area contributed by atoms with Crippen LogP contribution < -0.4 is 14.2 Å². The number of halogens is 1. The highest BCUT2D eigenvalue weighted by molar-refractivity contribution is 5.40. The predicted octanol–water partition coefficient (Wildman–Crippen LogP) is 2.96. The van der Waals surface area contributed by atoms with E-state index in [4.69, 9.17) is 14.2 Å². The zero-order valence-electron chi connectivity index (χ0n) is 12.6. The van der Waals surface area contributed by atoms with Crippen LogP contribution in [0.3, 0.4) is 0 Å². The maximum absolute atomic E-state index is 13.7. The number of methoxy groups -OCH3 is 1. The molecule has 0 heterocycles. The van der Waals surface area contributed by atoms with Crippen molar-refractivity contribution in [3.63, 3.8) is 0 Å². The molecular weight excluding hydrogens is 287 g/mol. The van der Waals surface area contributed by atoms with Crippen LogP contribution in [0.4, 0.5) is 4.39 Å². The number of aryl methyl sites for hydroxylation is 1. The van der Waals surface area contributed by atoms with Gasteiger partial charge in [0, 0.05) is 0 Å². The second kappa shape index (κ2) is 7.66. The molecule has 0 radical (unpaired) electrons. The highest BCUT2D eigenvalue weighted by Crippen LogP contribution is 2.29. The molecule has 22 heavy (non-hydrogen) atoms. The summed E-state index contributed by atoms with van der Waals surface area (Å²) in [5, 5.41) is 9.88. The molecule has 2 aromatic carbocycles. The average Bonchev–Trinajstić information content (AvgIpc) is 2.51. The summed E-state index contributed by atoms with van der Waals surface area (Å²) >= 11 is 0. The first-order valence-electron chi connectivity index (χ1n) is 6.93. The minimum absolute atomic E-state index is 0.0143. The van der Waals surface area contributed by atoms with E-state index in [1.807, 2.05) is 25.1 Å². The summed E-state index contributed by atoms with van der Waals surface area (Å²) < 4.78 is 29.5. The Morgan fingerprint density at radius 1 is 1.09 bits per heavy atom. The zero-order chi connectivity index (χ0) is 15.9. The van der Waals surface area contributed by atoms with Crippen molar-refractivity contribution >= 4 is 0 Å². The van der Waals surface area contributed by atoms with Crippen molar-refractivity contribution in [1.29, 1.82) is 0 Å². The maximum atomic E-state index is 13.7. The first-order chi connectivity index (χ1) is 10.6. The van der Waals surface area contributed by atoms with Crippen LogP contribution in [0.1, 0.15) is 5.56 Å².